The summed E-state index contributed by atoms with van der Waals surface area (Å²) < 4.78 is 28.3. The fourth-order valence-electron chi connectivity index (χ4n) is 1.92. The summed E-state index contributed by atoms with van der Waals surface area (Å²) >= 11 is 1.49. The first kappa shape index (κ1) is 13.7. The lowest BCUT2D eigenvalue weighted by atomic mass is 10.3. The number of halogens is 2. The van der Waals surface area contributed by atoms with Crippen molar-refractivity contribution >= 4 is 38.9 Å². The molecule has 0 unspecified atom stereocenters. The average Bonchev–Trinajstić information content (AvgIpc) is 2.92. The first-order valence-electron chi connectivity index (χ1n) is 6.37. The largest absolute Gasteiger partial charge is 0.368 e. The van der Waals surface area contributed by atoms with Crippen LogP contribution in [0.15, 0.2) is 29.8 Å². The number of hydrogen-bond acceptors (Lipinski definition) is 5. The van der Waals surface area contributed by atoms with Gasteiger partial charge in [0, 0.05) is 18.3 Å². The molecule has 4 nitrogen and oxygen atoms in total. The van der Waals surface area contributed by atoms with Gasteiger partial charge in [0.1, 0.15) is 0 Å². The summed E-state index contributed by atoms with van der Waals surface area (Å²) in [5, 5.41) is 5.62. The molecule has 2 N–H and O–H groups in total. The topological polar surface area (TPSA) is 49.8 Å². The lowest BCUT2D eigenvalue weighted by Gasteiger charge is -2.10. The minimum atomic E-state index is -0.737. The van der Waals surface area contributed by atoms with Gasteiger partial charge in [-0.3, -0.25) is 0 Å². The van der Waals surface area contributed by atoms with Gasteiger partial charge in [0.15, 0.2) is 23.3 Å². The third-order valence-corrected chi connectivity index (χ3v) is 3.66. The highest BCUT2D eigenvalue weighted by molar-refractivity contribution is 7.16. The molecule has 3 rings (SSSR count). The normalized spacial score (nSPS) is 10.8. The SMILES string of the molecule is CCNc1nc(Nc2ccc3ncsc3c2)c(F)cc1F. The molecule has 0 aliphatic carbocycles. The van der Waals surface area contributed by atoms with Gasteiger partial charge < -0.3 is 10.6 Å². The molecule has 0 saturated carbocycles. The number of fused-ring (bicyclic) bond motifs is 1. The Balaban J connectivity index is 1.94. The van der Waals surface area contributed by atoms with Gasteiger partial charge in [-0.05, 0) is 25.1 Å². The number of nitrogens with zero attached hydrogens (tertiary/aromatic N) is 2. The van der Waals surface area contributed by atoms with E-state index in [0.29, 0.717) is 12.2 Å². The number of hydrogen-bond donors (Lipinski definition) is 2. The molecule has 2 heterocycles. The van der Waals surface area contributed by atoms with E-state index in [1.165, 1.54) is 11.3 Å². The van der Waals surface area contributed by atoms with Crippen LogP contribution >= 0.6 is 11.3 Å². The monoisotopic (exact) mass is 306 g/mol. The van der Waals surface area contributed by atoms with Gasteiger partial charge in [0.05, 0.1) is 15.7 Å². The van der Waals surface area contributed by atoms with Gasteiger partial charge in [-0.25, -0.2) is 18.7 Å². The van der Waals surface area contributed by atoms with Crippen molar-refractivity contribution in [1.29, 1.82) is 0 Å². The molecule has 0 fully saturated rings. The molecule has 0 radical (unpaired) electrons. The number of anilines is 3. The third kappa shape index (κ3) is 2.78. The van der Waals surface area contributed by atoms with E-state index in [4.69, 9.17) is 0 Å². The Morgan fingerprint density at radius 1 is 1.14 bits per heavy atom. The van der Waals surface area contributed by atoms with Crippen LogP contribution in [0.4, 0.5) is 26.1 Å². The van der Waals surface area contributed by atoms with Crippen molar-refractivity contribution in [2.45, 2.75) is 6.92 Å². The third-order valence-electron chi connectivity index (χ3n) is 2.87. The zero-order chi connectivity index (χ0) is 14.8. The van der Waals surface area contributed by atoms with E-state index < -0.39 is 11.6 Å². The van der Waals surface area contributed by atoms with Gasteiger partial charge in [-0.1, -0.05) is 0 Å². The van der Waals surface area contributed by atoms with Crippen LogP contribution in [-0.2, 0) is 0 Å². The summed E-state index contributed by atoms with van der Waals surface area (Å²) in [4.78, 5) is 8.12. The molecule has 0 aliphatic heterocycles. The van der Waals surface area contributed by atoms with Crippen molar-refractivity contribution in [2.75, 3.05) is 17.2 Å². The van der Waals surface area contributed by atoms with Crippen LogP contribution in [0.5, 0.6) is 0 Å². The van der Waals surface area contributed by atoms with Gasteiger partial charge in [0.2, 0.25) is 0 Å². The molecule has 1 aromatic carbocycles. The molecule has 7 heteroatoms. The van der Waals surface area contributed by atoms with Crippen LogP contribution in [0.1, 0.15) is 6.92 Å². The second-order valence-corrected chi connectivity index (χ2v) is 5.23. The van der Waals surface area contributed by atoms with Crippen molar-refractivity contribution < 1.29 is 8.78 Å². The standard InChI is InChI=1S/C14H12F2N4S/c1-2-17-13-9(15)6-10(16)14(20-13)19-8-3-4-11-12(5-8)21-7-18-11/h3-7H,2H2,1H3,(H2,17,19,20). The molecule has 108 valence electrons. The summed E-state index contributed by atoms with van der Waals surface area (Å²) in [7, 11) is 0. The number of rotatable bonds is 4. The molecule has 0 spiro atoms. The van der Waals surface area contributed by atoms with E-state index in [9.17, 15) is 8.78 Å². The summed E-state index contributed by atoms with van der Waals surface area (Å²) in [6, 6.07) is 6.28. The van der Waals surface area contributed by atoms with E-state index in [1.54, 1.807) is 11.6 Å². The molecule has 0 aliphatic rings. The Morgan fingerprint density at radius 2 is 1.95 bits per heavy atom. The van der Waals surface area contributed by atoms with Crippen molar-refractivity contribution in [2.24, 2.45) is 0 Å². The zero-order valence-electron chi connectivity index (χ0n) is 11.2. The van der Waals surface area contributed by atoms with Crippen LogP contribution in [-0.4, -0.2) is 16.5 Å². The van der Waals surface area contributed by atoms with Gasteiger partial charge in [0.25, 0.3) is 0 Å². The summed E-state index contributed by atoms with van der Waals surface area (Å²) in [6.07, 6.45) is 0. The number of thiazole rings is 1. The Labute approximate surface area is 123 Å². The predicted molar refractivity (Wildman–Crippen MR) is 81.2 cm³/mol. The number of aromatic nitrogens is 2. The van der Waals surface area contributed by atoms with Crippen LogP contribution in [0.2, 0.25) is 0 Å². The molecular formula is C14H12F2N4S. The van der Waals surface area contributed by atoms with Crippen molar-refractivity contribution in [3.63, 3.8) is 0 Å². The Bertz CT molecular complexity index is 788. The molecule has 2 aromatic heterocycles. The van der Waals surface area contributed by atoms with E-state index in [2.05, 4.69) is 20.6 Å². The maximum atomic E-state index is 13.8. The second kappa shape index (κ2) is 5.61. The predicted octanol–water partition coefficient (Wildman–Crippen LogP) is 4.14. The molecule has 0 amide bonds. The lowest BCUT2D eigenvalue weighted by Crippen LogP contribution is -2.06. The Kier molecular flexibility index (Phi) is 3.66. The summed E-state index contributed by atoms with van der Waals surface area (Å²) in [5.74, 6) is -1.44. The Morgan fingerprint density at radius 3 is 2.76 bits per heavy atom. The number of pyridine rings is 1. The molecule has 3 aromatic rings. The lowest BCUT2D eigenvalue weighted by molar-refractivity contribution is 0.579. The quantitative estimate of drug-likeness (QED) is 0.760. The first-order valence-corrected chi connectivity index (χ1v) is 7.25. The highest BCUT2D eigenvalue weighted by Gasteiger charge is 2.12. The molecule has 0 saturated heterocycles. The van der Waals surface area contributed by atoms with E-state index in [0.717, 1.165) is 16.3 Å². The molecule has 0 atom stereocenters. The fraction of sp³-hybridized carbons (Fsp3) is 0.143. The molecule has 21 heavy (non-hydrogen) atoms. The molecular weight excluding hydrogens is 294 g/mol. The first-order chi connectivity index (χ1) is 10.2. The second-order valence-electron chi connectivity index (χ2n) is 4.34. The van der Waals surface area contributed by atoms with Gasteiger partial charge >= 0.3 is 0 Å². The van der Waals surface area contributed by atoms with Gasteiger partial charge in [-0.2, -0.15) is 0 Å². The summed E-state index contributed by atoms with van der Waals surface area (Å²) in [5.41, 5.74) is 3.30. The van der Waals surface area contributed by atoms with Crippen LogP contribution in [0.3, 0.4) is 0 Å². The van der Waals surface area contributed by atoms with E-state index in [1.807, 2.05) is 19.1 Å². The number of benzene rings is 1. The Hall–Kier alpha value is -2.28. The van der Waals surface area contributed by atoms with Crippen LogP contribution < -0.4 is 10.6 Å². The van der Waals surface area contributed by atoms with Crippen molar-refractivity contribution in [3.05, 3.63) is 41.4 Å². The van der Waals surface area contributed by atoms with E-state index >= 15 is 0 Å². The molecule has 0 bridgehead atoms. The van der Waals surface area contributed by atoms with Crippen LogP contribution in [0.25, 0.3) is 10.2 Å². The maximum Gasteiger partial charge on any atom is 0.169 e. The number of nitrogens with one attached hydrogen (secondary N) is 2. The highest BCUT2D eigenvalue weighted by Crippen LogP contribution is 2.26. The zero-order valence-corrected chi connectivity index (χ0v) is 12.0. The minimum absolute atomic E-state index is 0.0174. The average molecular weight is 306 g/mol. The fourth-order valence-corrected chi connectivity index (χ4v) is 2.63. The van der Waals surface area contributed by atoms with Crippen LogP contribution in [0, 0.1) is 11.6 Å². The summed E-state index contributed by atoms with van der Waals surface area (Å²) in [6.45, 7) is 2.32. The van der Waals surface area contributed by atoms with Gasteiger partial charge in [-0.15, -0.1) is 11.3 Å². The van der Waals surface area contributed by atoms with E-state index in [-0.39, 0.29) is 11.6 Å². The van der Waals surface area contributed by atoms with Crippen molar-refractivity contribution in [1.82, 2.24) is 9.97 Å². The van der Waals surface area contributed by atoms with Crippen molar-refractivity contribution in [3.8, 4) is 0 Å². The maximum absolute atomic E-state index is 13.8. The smallest absolute Gasteiger partial charge is 0.169 e. The minimum Gasteiger partial charge on any atom is -0.368 e. The highest BCUT2D eigenvalue weighted by atomic mass is 32.1.